The van der Waals surface area contributed by atoms with E-state index in [4.69, 9.17) is 4.52 Å². The summed E-state index contributed by atoms with van der Waals surface area (Å²) in [5, 5.41) is 6.75. The van der Waals surface area contributed by atoms with Crippen molar-refractivity contribution in [2.75, 3.05) is 32.7 Å². The second-order valence-electron chi connectivity index (χ2n) is 7.17. The van der Waals surface area contributed by atoms with Gasteiger partial charge in [0, 0.05) is 25.7 Å². The molecule has 2 heterocycles. The molecule has 1 aliphatic heterocycles. The predicted molar refractivity (Wildman–Crippen MR) is 103 cm³/mol. The predicted octanol–water partition coefficient (Wildman–Crippen LogP) is 1.54. The van der Waals surface area contributed by atoms with Crippen LogP contribution in [0.3, 0.4) is 0 Å². The van der Waals surface area contributed by atoms with Crippen molar-refractivity contribution in [1.82, 2.24) is 19.7 Å². The fourth-order valence-corrected chi connectivity index (χ4v) is 5.53. The van der Waals surface area contributed by atoms with Crippen LogP contribution in [0, 0.1) is 19.8 Å². The van der Waals surface area contributed by atoms with Crippen molar-refractivity contribution in [3.8, 4) is 0 Å². The van der Waals surface area contributed by atoms with E-state index in [1.54, 1.807) is 13.8 Å². The Hall–Kier alpha value is -1.45. The molecule has 0 spiro atoms. The van der Waals surface area contributed by atoms with Gasteiger partial charge < -0.3 is 9.84 Å². The molecular formula is C18H32N4O4S. The van der Waals surface area contributed by atoms with Gasteiger partial charge in [-0.05, 0) is 46.7 Å². The molecule has 2 unspecified atom stereocenters. The number of carbonyl (C=O) groups excluding carboxylic acids is 1. The average Bonchev–Trinajstić information content (AvgIpc) is 2.99. The molecule has 0 saturated carbocycles. The van der Waals surface area contributed by atoms with E-state index >= 15 is 0 Å². The number of piperidine rings is 1. The molecule has 1 fully saturated rings. The smallest absolute Gasteiger partial charge is 0.248 e. The Labute approximate surface area is 162 Å². The number of amides is 1. The number of nitrogens with zero attached hydrogens (tertiary/aromatic N) is 3. The van der Waals surface area contributed by atoms with Crippen molar-refractivity contribution >= 4 is 15.9 Å². The average molecular weight is 401 g/mol. The molecule has 0 bridgehead atoms. The molecule has 1 N–H and O–H groups in total. The highest BCUT2D eigenvalue weighted by atomic mass is 32.2. The Bertz CT molecular complexity index is 723. The van der Waals surface area contributed by atoms with E-state index in [9.17, 15) is 13.2 Å². The van der Waals surface area contributed by atoms with Crippen molar-refractivity contribution in [3.05, 3.63) is 11.5 Å². The van der Waals surface area contributed by atoms with Gasteiger partial charge in [-0.25, -0.2) is 8.42 Å². The first-order chi connectivity index (χ1) is 12.7. The van der Waals surface area contributed by atoms with Crippen LogP contribution >= 0.6 is 0 Å². The van der Waals surface area contributed by atoms with Crippen LogP contribution in [-0.4, -0.2) is 67.5 Å². The van der Waals surface area contributed by atoms with Gasteiger partial charge in [0.05, 0.1) is 5.92 Å². The Kier molecular flexibility index (Phi) is 7.41. The molecule has 1 amide bonds. The second-order valence-corrected chi connectivity index (χ2v) is 9.05. The van der Waals surface area contributed by atoms with Crippen LogP contribution in [0.2, 0.25) is 0 Å². The number of likely N-dealkylation sites (N-methyl/N-ethyl adjacent to an activating group) is 1. The normalized spacial score (nSPS) is 20.0. The van der Waals surface area contributed by atoms with E-state index in [1.165, 1.54) is 4.31 Å². The van der Waals surface area contributed by atoms with E-state index in [1.807, 2.05) is 0 Å². The zero-order valence-electron chi connectivity index (χ0n) is 17.0. The van der Waals surface area contributed by atoms with Crippen molar-refractivity contribution in [3.63, 3.8) is 0 Å². The van der Waals surface area contributed by atoms with Crippen LogP contribution < -0.4 is 5.32 Å². The second kappa shape index (κ2) is 9.16. The Morgan fingerprint density at radius 1 is 1.37 bits per heavy atom. The quantitative estimate of drug-likeness (QED) is 0.711. The third kappa shape index (κ3) is 4.89. The Morgan fingerprint density at radius 2 is 2.04 bits per heavy atom. The van der Waals surface area contributed by atoms with Crippen molar-refractivity contribution in [1.29, 1.82) is 0 Å². The summed E-state index contributed by atoms with van der Waals surface area (Å²) >= 11 is 0. The molecule has 1 saturated heterocycles. The van der Waals surface area contributed by atoms with Gasteiger partial charge in [-0.1, -0.05) is 19.0 Å². The Balaban J connectivity index is 2.02. The minimum atomic E-state index is -3.71. The lowest BCUT2D eigenvalue weighted by Crippen LogP contribution is -2.48. The van der Waals surface area contributed by atoms with Gasteiger partial charge in [-0.2, -0.15) is 4.31 Å². The zero-order valence-corrected chi connectivity index (χ0v) is 17.8. The lowest BCUT2D eigenvalue weighted by atomic mass is 9.99. The maximum atomic E-state index is 13.0. The number of aromatic nitrogens is 1. The van der Waals surface area contributed by atoms with E-state index in [2.05, 4.69) is 36.1 Å². The maximum Gasteiger partial charge on any atom is 0.248 e. The number of rotatable bonds is 8. The molecule has 2 atom stereocenters. The first-order valence-corrected chi connectivity index (χ1v) is 11.1. The summed E-state index contributed by atoms with van der Waals surface area (Å²) in [6, 6.07) is 0.245. The fraction of sp³-hybridized carbons (Fsp3) is 0.778. The van der Waals surface area contributed by atoms with Crippen LogP contribution in [0.4, 0.5) is 0 Å². The molecule has 154 valence electrons. The molecular weight excluding hydrogens is 368 g/mol. The maximum absolute atomic E-state index is 13.0. The van der Waals surface area contributed by atoms with Gasteiger partial charge in [0.25, 0.3) is 0 Å². The SMILES string of the molecule is CCN(CC)C(C)CNC(=O)C1CCCN(S(=O)(=O)c2c(C)noc2C)C1. The molecule has 0 aliphatic carbocycles. The number of carbonyl (C=O) groups is 1. The number of hydrogen-bond acceptors (Lipinski definition) is 6. The van der Waals surface area contributed by atoms with Crippen LogP contribution in [0.1, 0.15) is 45.1 Å². The van der Waals surface area contributed by atoms with Crippen molar-refractivity contribution in [2.45, 2.75) is 58.4 Å². The van der Waals surface area contributed by atoms with E-state index in [0.717, 1.165) is 13.1 Å². The lowest BCUT2D eigenvalue weighted by molar-refractivity contribution is -0.126. The minimum Gasteiger partial charge on any atom is -0.360 e. The first-order valence-electron chi connectivity index (χ1n) is 9.67. The number of hydrogen-bond donors (Lipinski definition) is 1. The van der Waals surface area contributed by atoms with Crippen LogP contribution in [0.5, 0.6) is 0 Å². The van der Waals surface area contributed by atoms with Crippen LogP contribution in [0.15, 0.2) is 9.42 Å². The molecule has 0 aromatic carbocycles. The van der Waals surface area contributed by atoms with E-state index in [-0.39, 0.29) is 35.1 Å². The highest BCUT2D eigenvalue weighted by Crippen LogP contribution is 2.27. The van der Waals surface area contributed by atoms with Gasteiger partial charge >= 0.3 is 0 Å². The third-order valence-electron chi connectivity index (χ3n) is 5.33. The summed E-state index contributed by atoms with van der Waals surface area (Å²) in [4.78, 5) is 15.0. The van der Waals surface area contributed by atoms with E-state index < -0.39 is 10.0 Å². The van der Waals surface area contributed by atoms with Gasteiger partial charge in [0.1, 0.15) is 10.6 Å². The largest absolute Gasteiger partial charge is 0.360 e. The summed E-state index contributed by atoms with van der Waals surface area (Å²) in [6.07, 6.45) is 1.35. The van der Waals surface area contributed by atoms with Crippen LogP contribution in [0.25, 0.3) is 0 Å². The summed E-state index contributed by atoms with van der Waals surface area (Å²) < 4.78 is 32.4. The number of aryl methyl sites for hydroxylation is 2. The van der Waals surface area contributed by atoms with Gasteiger partial charge in [-0.3, -0.25) is 9.69 Å². The van der Waals surface area contributed by atoms with Gasteiger partial charge in [0.2, 0.25) is 15.9 Å². The van der Waals surface area contributed by atoms with Gasteiger partial charge in [0.15, 0.2) is 5.76 Å². The monoisotopic (exact) mass is 400 g/mol. The summed E-state index contributed by atoms with van der Waals surface area (Å²) in [6.45, 7) is 12.5. The molecule has 2 rings (SSSR count). The van der Waals surface area contributed by atoms with Gasteiger partial charge in [-0.15, -0.1) is 0 Å². The number of nitrogens with one attached hydrogen (secondary N) is 1. The highest BCUT2D eigenvalue weighted by molar-refractivity contribution is 7.89. The highest BCUT2D eigenvalue weighted by Gasteiger charge is 2.36. The molecule has 1 aliphatic rings. The first kappa shape index (κ1) is 21.8. The summed E-state index contributed by atoms with van der Waals surface area (Å²) in [7, 11) is -3.71. The molecule has 8 nitrogen and oxygen atoms in total. The minimum absolute atomic E-state index is 0.0762. The lowest BCUT2D eigenvalue weighted by Gasteiger charge is -2.32. The summed E-state index contributed by atoms with van der Waals surface area (Å²) in [5.41, 5.74) is 0.354. The Morgan fingerprint density at radius 3 is 2.59 bits per heavy atom. The van der Waals surface area contributed by atoms with Crippen molar-refractivity contribution in [2.24, 2.45) is 5.92 Å². The molecule has 27 heavy (non-hydrogen) atoms. The molecule has 1 aromatic heterocycles. The summed E-state index contributed by atoms with van der Waals surface area (Å²) in [5.74, 6) is -0.127. The number of sulfonamides is 1. The third-order valence-corrected chi connectivity index (χ3v) is 7.44. The fourth-order valence-electron chi connectivity index (χ4n) is 3.72. The molecule has 0 radical (unpaired) electrons. The van der Waals surface area contributed by atoms with Crippen molar-refractivity contribution < 1.29 is 17.7 Å². The molecule has 9 heteroatoms. The topological polar surface area (TPSA) is 95.8 Å². The standard InChI is InChI=1S/C18H32N4O4S/c1-6-21(7-2)13(3)11-19-18(23)16-9-8-10-22(12-16)27(24,25)17-14(4)20-26-15(17)5/h13,16H,6-12H2,1-5H3,(H,19,23). The van der Waals surface area contributed by atoms with E-state index in [0.29, 0.717) is 31.6 Å². The zero-order chi connectivity index (χ0) is 20.2. The van der Waals surface area contributed by atoms with Crippen LogP contribution in [-0.2, 0) is 14.8 Å². The molecule has 1 aromatic rings.